The molecule has 6 heteroatoms. The Morgan fingerprint density at radius 1 is 0.786 bits per heavy atom. The van der Waals surface area contributed by atoms with Crippen LogP contribution in [-0.4, -0.2) is 28.0 Å². The van der Waals surface area contributed by atoms with Crippen molar-refractivity contribution in [2.24, 2.45) is 0 Å². The zero-order valence-electron chi connectivity index (χ0n) is 7.92. The minimum absolute atomic E-state index is 0.527. The molecule has 2 N–H and O–H groups in total. The highest BCUT2D eigenvalue weighted by Crippen LogP contribution is 2.23. The van der Waals surface area contributed by atoms with Crippen molar-refractivity contribution >= 4 is 22.2 Å². The Hall–Kier alpha value is 0.220. The summed E-state index contributed by atoms with van der Waals surface area (Å²) in [6.45, 7) is 0. The molecule has 0 amide bonds. The van der Waals surface area contributed by atoms with Crippen LogP contribution in [0.25, 0.3) is 0 Å². The summed E-state index contributed by atoms with van der Waals surface area (Å²) < 4.78 is 40.1. The van der Waals surface area contributed by atoms with Gasteiger partial charge in [0.25, 0.3) is 0 Å². The second-order valence-corrected chi connectivity index (χ2v) is 5.94. The molecule has 1 rings (SSSR count). The summed E-state index contributed by atoms with van der Waals surface area (Å²) in [5.74, 6) is 0. The molecule has 0 aliphatic heterocycles. The lowest BCUT2D eigenvalue weighted by Gasteiger charge is -2.23. The average Bonchev–Trinajstić information content (AvgIpc) is 2.01. The van der Waals surface area contributed by atoms with Gasteiger partial charge in [0.2, 0.25) is 0 Å². The largest absolute Gasteiger partial charge is 0.306 e. The second-order valence-electron chi connectivity index (χ2n) is 3.62. The van der Waals surface area contributed by atoms with E-state index >= 15 is 0 Å². The maximum Gasteiger partial charge on any atom is 0.157 e. The number of hydrogen-bond acceptors (Lipinski definition) is 2. The van der Waals surface area contributed by atoms with Gasteiger partial charge in [-0.1, -0.05) is 25.7 Å². The van der Waals surface area contributed by atoms with Gasteiger partial charge in [0, 0.05) is 0 Å². The van der Waals surface area contributed by atoms with Crippen LogP contribution in [0.3, 0.4) is 0 Å². The van der Waals surface area contributed by atoms with Gasteiger partial charge in [-0.05, 0) is 12.8 Å². The van der Waals surface area contributed by atoms with E-state index in [0.29, 0.717) is 12.8 Å². The van der Waals surface area contributed by atoms with Crippen molar-refractivity contribution in [1.29, 1.82) is 0 Å². The first kappa shape index (κ1) is 12.3. The monoisotopic (exact) mass is 240 g/mol. The first-order valence-corrected chi connectivity index (χ1v) is 7.16. The van der Waals surface area contributed by atoms with Crippen LogP contribution in [0.4, 0.5) is 0 Å². The summed E-state index contributed by atoms with van der Waals surface area (Å²) >= 11 is -3.95. The van der Waals surface area contributed by atoms with Gasteiger partial charge in [-0.25, -0.2) is 8.42 Å². The first-order valence-electron chi connectivity index (χ1n) is 4.82. The lowest BCUT2D eigenvalue weighted by atomic mass is 10.0. The van der Waals surface area contributed by atoms with Gasteiger partial charge < -0.3 is 9.11 Å². The van der Waals surface area contributed by atoms with E-state index < -0.39 is 32.7 Å². The SMILES string of the molecule is O=S(O)[C@H]1CCCCCC[C@@H]1S(=O)O. The van der Waals surface area contributed by atoms with Crippen molar-refractivity contribution in [2.75, 3.05) is 0 Å². The van der Waals surface area contributed by atoms with Crippen LogP contribution in [0, 0.1) is 0 Å². The lowest BCUT2D eigenvalue weighted by Crippen LogP contribution is -2.34. The lowest BCUT2D eigenvalue weighted by molar-refractivity contribution is 0.459. The molecule has 84 valence electrons. The van der Waals surface area contributed by atoms with E-state index in [9.17, 15) is 8.42 Å². The van der Waals surface area contributed by atoms with Crippen LogP contribution < -0.4 is 0 Å². The normalized spacial score (nSPS) is 34.1. The first-order chi connectivity index (χ1) is 6.63. The fourth-order valence-corrected chi connectivity index (χ4v) is 3.98. The Labute approximate surface area is 89.0 Å². The zero-order chi connectivity index (χ0) is 10.6. The average molecular weight is 240 g/mol. The maximum absolute atomic E-state index is 11.0. The van der Waals surface area contributed by atoms with Crippen molar-refractivity contribution in [3.63, 3.8) is 0 Å². The Bertz CT molecular complexity index is 207. The molecule has 0 radical (unpaired) electrons. The number of hydrogen-bond donors (Lipinski definition) is 2. The Morgan fingerprint density at radius 2 is 1.14 bits per heavy atom. The molecule has 1 aliphatic carbocycles. The minimum Gasteiger partial charge on any atom is -0.306 e. The smallest absolute Gasteiger partial charge is 0.157 e. The summed E-state index contributed by atoms with van der Waals surface area (Å²) in [6, 6.07) is 0. The van der Waals surface area contributed by atoms with E-state index in [-0.39, 0.29) is 0 Å². The van der Waals surface area contributed by atoms with Crippen LogP contribution in [0.2, 0.25) is 0 Å². The molecule has 4 nitrogen and oxygen atoms in total. The van der Waals surface area contributed by atoms with E-state index in [2.05, 4.69) is 0 Å². The van der Waals surface area contributed by atoms with Gasteiger partial charge in [-0.2, -0.15) is 0 Å². The molecule has 2 unspecified atom stereocenters. The highest BCUT2D eigenvalue weighted by Gasteiger charge is 2.31. The molecule has 0 bridgehead atoms. The van der Waals surface area contributed by atoms with Gasteiger partial charge in [-0.3, -0.25) is 0 Å². The van der Waals surface area contributed by atoms with Crippen molar-refractivity contribution in [2.45, 2.75) is 49.0 Å². The highest BCUT2D eigenvalue weighted by molar-refractivity contribution is 7.84. The predicted molar refractivity (Wildman–Crippen MR) is 56.8 cm³/mol. The molecule has 1 aliphatic rings. The summed E-state index contributed by atoms with van der Waals surface area (Å²) in [4.78, 5) is 0. The molecule has 0 aromatic carbocycles. The third kappa shape index (κ3) is 3.42. The number of rotatable bonds is 2. The molecule has 0 saturated heterocycles. The fourth-order valence-electron chi connectivity index (χ4n) is 1.88. The molecule has 1 fully saturated rings. The minimum atomic E-state index is -1.97. The maximum atomic E-state index is 11.0. The molecule has 14 heavy (non-hydrogen) atoms. The summed E-state index contributed by atoms with van der Waals surface area (Å²) in [6.07, 6.45) is 5.03. The molecule has 1 saturated carbocycles. The second kappa shape index (κ2) is 5.95. The summed E-state index contributed by atoms with van der Waals surface area (Å²) in [5, 5.41) is -1.05. The van der Waals surface area contributed by atoms with Gasteiger partial charge in [0.05, 0.1) is 10.5 Å². The third-order valence-corrected chi connectivity index (χ3v) is 5.00. The van der Waals surface area contributed by atoms with Gasteiger partial charge in [0.15, 0.2) is 22.2 Å². The molecule has 0 spiro atoms. The van der Waals surface area contributed by atoms with E-state index in [1.54, 1.807) is 0 Å². The van der Waals surface area contributed by atoms with E-state index in [4.69, 9.17) is 9.11 Å². The third-order valence-electron chi connectivity index (χ3n) is 2.66. The van der Waals surface area contributed by atoms with Crippen LogP contribution in [0.15, 0.2) is 0 Å². The van der Waals surface area contributed by atoms with E-state index in [1.807, 2.05) is 0 Å². The molecule has 0 aromatic rings. The van der Waals surface area contributed by atoms with Crippen LogP contribution in [0.1, 0.15) is 38.5 Å². The molecule has 0 heterocycles. The van der Waals surface area contributed by atoms with Crippen molar-refractivity contribution in [3.8, 4) is 0 Å². The predicted octanol–water partition coefficient (Wildman–Crippen LogP) is 1.52. The van der Waals surface area contributed by atoms with Gasteiger partial charge in [-0.15, -0.1) is 0 Å². The van der Waals surface area contributed by atoms with Crippen LogP contribution in [0.5, 0.6) is 0 Å². The van der Waals surface area contributed by atoms with Crippen molar-refractivity contribution in [1.82, 2.24) is 0 Å². The standard InChI is InChI=1S/C8H16O4S2/c9-13(10)7-5-3-1-2-4-6-8(7)14(11)12/h7-8H,1-6H2,(H,9,10)(H,11,12)/t7-,8-/m0/s1. The van der Waals surface area contributed by atoms with E-state index in [0.717, 1.165) is 25.7 Å². The quantitative estimate of drug-likeness (QED) is 0.718. The molecule has 0 aromatic heterocycles. The van der Waals surface area contributed by atoms with Crippen LogP contribution in [-0.2, 0) is 22.2 Å². The Balaban J connectivity index is 2.70. The highest BCUT2D eigenvalue weighted by atomic mass is 32.2. The Kier molecular flexibility index (Phi) is 5.22. The van der Waals surface area contributed by atoms with Gasteiger partial charge >= 0.3 is 0 Å². The fraction of sp³-hybridized carbons (Fsp3) is 1.00. The topological polar surface area (TPSA) is 74.6 Å². The van der Waals surface area contributed by atoms with Gasteiger partial charge in [0.1, 0.15) is 0 Å². The summed E-state index contributed by atoms with van der Waals surface area (Å²) in [7, 11) is 0. The summed E-state index contributed by atoms with van der Waals surface area (Å²) in [5.41, 5.74) is 0. The van der Waals surface area contributed by atoms with Crippen molar-refractivity contribution < 1.29 is 17.5 Å². The molecule has 4 atom stereocenters. The molecular weight excluding hydrogens is 224 g/mol. The molecular formula is C8H16O4S2. The van der Waals surface area contributed by atoms with Crippen molar-refractivity contribution in [3.05, 3.63) is 0 Å². The van der Waals surface area contributed by atoms with E-state index in [1.165, 1.54) is 0 Å². The Morgan fingerprint density at radius 3 is 1.43 bits per heavy atom. The van der Waals surface area contributed by atoms with Crippen LogP contribution >= 0.6 is 0 Å². The zero-order valence-corrected chi connectivity index (χ0v) is 9.56.